The van der Waals surface area contributed by atoms with Gasteiger partial charge in [-0.25, -0.2) is 4.98 Å². The normalized spacial score (nSPS) is 9.27. The Morgan fingerprint density at radius 2 is 1.73 bits per heavy atom. The highest BCUT2D eigenvalue weighted by Gasteiger charge is 1.99. The molecule has 0 radical (unpaired) electrons. The van der Waals surface area contributed by atoms with Crippen LogP contribution in [-0.4, -0.2) is 9.97 Å². The maximum Gasteiger partial charge on any atom is 0.138 e. The smallest absolute Gasteiger partial charge is 0.138 e. The molecule has 0 bridgehead atoms. The highest BCUT2D eigenvalue weighted by molar-refractivity contribution is 5.57. The van der Waals surface area contributed by atoms with Crippen LogP contribution in [0.1, 0.15) is 19.4 Å². The lowest BCUT2D eigenvalue weighted by Gasteiger charge is -1.96. The molecule has 1 heterocycles. The number of aromatic amines is 1. The van der Waals surface area contributed by atoms with E-state index in [2.05, 4.69) is 16.9 Å². The average molecular weight is 203 g/mol. The van der Waals surface area contributed by atoms with Crippen LogP contribution in [0.3, 0.4) is 0 Å². The molecule has 3 heteroatoms. The summed E-state index contributed by atoms with van der Waals surface area (Å²) in [4.78, 5) is 7.11. The minimum absolute atomic E-state index is 0.593. The number of anilines is 1. The third-order valence-electron chi connectivity index (χ3n) is 1.92. The van der Waals surface area contributed by atoms with Gasteiger partial charge >= 0.3 is 0 Å². The number of aromatic nitrogens is 2. The first-order valence-corrected chi connectivity index (χ1v) is 5.13. The van der Waals surface area contributed by atoms with Crippen molar-refractivity contribution in [1.82, 2.24) is 9.97 Å². The number of nitrogens with one attached hydrogen (secondary N) is 1. The lowest BCUT2D eigenvalue weighted by atomic mass is 10.1. The molecule has 2 rings (SSSR count). The summed E-state index contributed by atoms with van der Waals surface area (Å²) < 4.78 is 0. The van der Waals surface area contributed by atoms with E-state index in [0.717, 1.165) is 11.4 Å². The van der Waals surface area contributed by atoms with Crippen molar-refractivity contribution < 1.29 is 0 Å². The number of aryl methyl sites for hydroxylation is 1. The maximum atomic E-state index is 5.53. The molecule has 3 N–H and O–H groups in total. The van der Waals surface area contributed by atoms with Gasteiger partial charge in [-0.2, -0.15) is 0 Å². The minimum Gasteiger partial charge on any atom is -0.384 e. The van der Waals surface area contributed by atoms with Gasteiger partial charge in [0, 0.05) is 5.56 Å². The largest absolute Gasteiger partial charge is 0.384 e. The van der Waals surface area contributed by atoms with Crippen LogP contribution in [0.5, 0.6) is 0 Å². The van der Waals surface area contributed by atoms with Crippen LogP contribution in [0, 0.1) is 6.92 Å². The monoisotopic (exact) mass is 203 g/mol. The fraction of sp³-hybridized carbons (Fsp3) is 0.250. The Morgan fingerprint density at radius 3 is 2.20 bits per heavy atom. The number of hydrogen-bond acceptors (Lipinski definition) is 2. The molecule has 0 saturated heterocycles. The standard InChI is InChI=1S/C10H11N3.C2H6/c1-7-2-4-8(5-3-7)10-12-6-9(11)13-10;1-2/h2-6H,11H2,1H3,(H,12,13);1-2H3. The first-order chi connectivity index (χ1) is 7.25. The van der Waals surface area contributed by atoms with E-state index in [0.29, 0.717) is 5.82 Å². The number of benzene rings is 1. The molecular weight excluding hydrogens is 186 g/mol. The zero-order chi connectivity index (χ0) is 11.3. The zero-order valence-electron chi connectivity index (χ0n) is 9.41. The number of hydrogen-bond donors (Lipinski definition) is 2. The molecule has 0 fully saturated rings. The van der Waals surface area contributed by atoms with Crippen molar-refractivity contribution in [2.75, 3.05) is 5.73 Å². The molecule has 0 spiro atoms. The molecule has 0 aliphatic heterocycles. The summed E-state index contributed by atoms with van der Waals surface area (Å²) in [5, 5.41) is 0. The van der Waals surface area contributed by atoms with Gasteiger partial charge in [-0.15, -0.1) is 0 Å². The lowest BCUT2D eigenvalue weighted by Crippen LogP contribution is -1.84. The van der Waals surface area contributed by atoms with Crippen molar-refractivity contribution in [3.63, 3.8) is 0 Å². The first kappa shape index (κ1) is 11.3. The second-order valence-corrected chi connectivity index (χ2v) is 3.05. The third-order valence-corrected chi connectivity index (χ3v) is 1.92. The quantitative estimate of drug-likeness (QED) is 0.748. The molecule has 0 atom stereocenters. The summed E-state index contributed by atoms with van der Waals surface area (Å²) >= 11 is 0. The van der Waals surface area contributed by atoms with Crippen LogP contribution in [0.4, 0.5) is 5.82 Å². The first-order valence-electron chi connectivity index (χ1n) is 5.13. The van der Waals surface area contributed by atoms with Gasteiger partial charge in [0.05, 0.1) is 6.20 Å². The van der Waals surface area contributed by atoms with Crippen molar-refractivity contribution in [3.05, 3.63) is 36.0 Å². The average Bonchev–Trinajstić information content (AvgIpc) is 2.69. The molecule has 0 saturated carbocycles. The van der Waals surface area contributed by atoms with Gasteiger partial charge in [0.15, 0.2) is 0 Å². The Bertz CT molecular complexity index is 401. The third kappa shape index (κ3) is 2.84. The summed E-state index contributed by atoms with van der Waals surface area (Å²) in [6.45, 7) is 6.06. The van der Waals surface area contributed by atoms with Crippen LogP contribution in [0.25, 0.3) is 11.4 Å². The Labute approximate surface area is 90.4 Å². The van der Waals surface area contributed by atoms with Crippen LogP contribution in [0.2, 0.25) is 0 Å². The molecule has 2 aromatic rings. The summed E-state index contributed by atoms with van der Waals surface area (Å²) in [5.41, 5.74) is 7.82. The lowest BCUT2D eigenvalue weighted by molar-refractivity contribution is 1.30. The van der Waals surface area contributed by atoms with Crippen molar-refractivity contribution >= 4 is 5.82 Å². The molecule has 3 nitrogen and oxygen atoms in total. The Hall–Kier alpha value is -1.77. The van der Waals surface area contributed by atoms with E-state index < -0.39 is 0 Å². The number of rotatable bonds is 1. The predicted octanol–water partition coefficient (Wildman–Crippen LogP) is 2.99. The second kappa shape index (κ2) is 5.20. The highest BCUT2D eigenvalue weighted by Crippen LogP contribution is 2.16. The SMILES string of the molecule is CC.Cc1ccc(-c2ncc(N)[nH]2)cc1. The molecule has 1 aromatic heterocycles. The van der Waals surface area contributed by atoms with Crippen LogP contribution >= 0.6 is 0 Å². The fourth-order valence-electron chi connectivity index (χ4n) is 1.19. The highest BCUT2D eigenvalue weighted by atomic mass is 15.0. The number of H-pyrrole nitrogens is 1. The van der Waals surface area contributed by atoms with Gasteiger partial charge in [-0.1, -0.05) is 43.7 Å². The van der Waals surface area contributed by atoms with Crippen LogP contribution in [0.15, 0.2) is 30.5 Å². The van der Waals surface area contributed by atoms with Crippen LogP contribution < -0.4 is 5.73 Å². The van der Waals surface area contributed by atoms with Gasteiger partial charge < -0.3 is 10.7 Å². The van der Waals surface area contributed by atoms with Gasteiger partial charge in [-0.05, 0) is 6.92 Å². The zero-order valence-corrected chi connectivity index (χ0v) is 9.41. The van der Waals surface area contributed by atoms with Gasteiger partial charge in [0.25, 0.3) is 0 Å². The summed E-state index contributed by atoms with van der Waals surface area (Å²) in [5.74, 6) is 1.41. The van der Waals surface area contributed by atoms with Crippen LogP contribution in [-0.2, 0) is 0 Å². The molecule has 80 valence electrons. The molecule has 1 aromatic carbocycles. The molecule has 0 amide bonds. The van der Waals surface area contributed by atoms with E-state index in [9.17, 15) is 0 Å². The Balaban J connectivity index is 0.000000531. The fourth-order valence-corrected chi connectivity index (χ4v) is 1.19. The molecule has 0 aliphatic carbocycles. The topological polar surface area (TPSA) is 54.7 Å². The molecule has 15 heavy (non-hydrogen) atoms. The minimum atomic E-state index is 0.593. The van der Waals surface area contributed by atoms with Gasteiger partial charge in [-0.3, -0.25) is 0 Å². The Morgan fingerprint density at radius 1 is 1.13 bits per heavy atom. The number of nitrogen functional groups attached to an aromatic ring is 1. The van der Waals surface area contributed by atoms with E-state index in [1.54, 1.807) is 6.20 Å². The van der Waals surface area contributed by atoms with E-state index in [4.69, 9.17) is 5.73 Å². The summed E-state index contributed by atoms with van der Waals surface area (Å²) in [7, 11) is 0. The number of nitrogens with two attached hydrogens (primary N) is 1. The molecule has 0 aliphatic rings. The van der Waals surface area contributed by atoms with Gasteiger partial charge in [0.1, 0.15) is 11.6 Å². The number of imidazole rings is 1. The van der Waals surface area contributed by atoms with Gasteiger partial charge in [0.2, 0.25) is 0 Å². The second-order valence-electron chi connectivity index (χ2n) is 3.05. The molecular formula is C12H17N3. The van der Waals surface area contributed by atoms with E-state index in [1.165, 1.54) is 5.56 Å². The van der Waals surface area contributed by atoms with Crippen molar-refractivity contribution in [3.8, 4) is 11.4 Å². The summed E-state index contributed by atoms with van der Waals surface area (Å²) in [6.07, 6.45) is 1.62. The Kier molecular flexibility index (Phi) is 3.92. The van der Waals surface area contributed by atoms with Crippen molar-refractivity contribution in [2.45, 2.75) is 20.8 Å². The van der Waals surface area contributed by atoms with E-state index in [1.807, 2.05) is 38.1 Å². The molecule has 0 unspecified atom stereocenters. The predicted molar refractivity (Wildman–Crippen MR) is 64.5 cm³/mol. The van der Waals surface area contributed by atoms with Crippen molar-refractivity contribution in [2.24, 2.45) is 0 Å². The number of nitrogens with zero attached hydrogens (tertiary/aromatic N) is 1. The maximum absolute atomic E-state index is 5.53. The van der Waals surface area contributed by atoms with E-state index in [-0.39, 0.29) is 0 Å². The van der Waals surface area contributed by atoms with E-state index >= 15 is 0 Å². The summed E-state index contributed by atoms with van der Waals surface area (Å²) in [6, 6.07) is 8.14. The van der Waals surface area contributed by atoms with Crippen molar-refractivity contribution in [1.29, 1.82) is 0 Å².